The van der Waals surface area contributed by atoms with Crippen molar-refractivity contribution in [3.05, 3.63) is 10.4 Å². The highest BCUT2D eigenvalue weighted by Crippen LogP contribution is 2.30. The van der Waals surface area contributed by atoms with Gasteiger partial charge in [0.25, 0.3) is 0 Å². The standard InChI is InChI=1S/C9H17NO4.C9H17NO3.2C8H16O5.3C8H16O4.C7H13N3O4.C7H15NO3.C7H15NO2/c1-4-8(12)7(10-6(3)11)9(13)5(2)14-4;1-5-4-8(10-7(3)11)9(12)6(2)13-5;1-4-6(10)7(11)8(12-2)5(3-9)13-4;1-4-6(10)8(12-2)7(11)5(3-9)13-4;1-4-6(9)7(10)8(11-3)5(2)12-4;1-4-6(9)8(11-3)7(10)5(2)12-4;1-4-6(3-9)12-5(2)8(11)7(4)10;1-3-5(11)7(13)6(12)4(14-3)2-9-10-8;1-3-6(9)5(8)7(10)4(2)11-3;1-4-3-6(8)7(9)5(2)10-4/h4-5,7-9,12-13H,1-3H3,(H,10,11);5-6,8-9,12H,4H2,1-3H3,(H,10,11);2*4-11H,3H2,1-2H3;2*4-10H,1-3H3;4-11H,3H2,1-2H3;3-7,11-13H,2H2,1H3;3-7,9-10H,8H2,1-2H3;4-7,9H,3,8H2,1-2H3. The quantitative estimate of drug-likeness (QED) is 0.0519. The number of nitrogens with one attached hydrogen (secondary N) is 2. The molecular formula is C79H157N7O38. The molecule has 0 aromatic heterocycles. The molecule has 45 unspecified atom stereocenters. The largest absolute Gasteiger partial charge is 0.394 e. The molecule has 45 heteroatoms. The summed E-state index contributed by atoms with van der Waals surface area (Å²) in [6, 6.07) is -1.52. The summed E-state index contributed by atoms with van der Waals surface area (Å²) >= 11 is 0. The monoisotopic (exact) mass is 1810 g/mol. The maximum atomic E-state index is 10.8. The van der Waals surface area contributed by atoms with Crippen LogP contribution >= 0.6 is 0 Å². The van der Waals surface area contributed by atoms with Gasteiger partial charge in [-0.15, -0.1) is 0 Å². The van der Waals surface area contributed by atoms with Gasteiger partial charge in [0.2, 0.25) is 11.8 Å². The van der Waals surface area contributed by atoms with Crippen molar-refractivity contribution >= 4 is 11.8 Å². The van der Waals surface area contributed by atoms with Gasteiger partial charge >= 0.3 is 0 Å². The van der Waals surface area contributed by atoms with Crippen LogP contribution in [-0.4, -0.2) is 466 Å². The number of ether oxygens (including phenoxy) is 14. The third kappa shape index (κ3) is 35.7. The van der Waals surface area contributed by atoms with Gasteiger partial charge in [0.1, 0.15) is 128 Å². The average Bonchev–Trinajstić information content (AvgIpc) is 0.818. The van der Waals surface area contributed by atoms with E-state index >= 15 is 0 Å². The Kier molecular flexibility index (Phi) is 55.4. The highest BCUT2D eigenvalue weighted by atomic mass is 16.6. The average molecular weight is 1810 g/mol. The maximum absolute atomic E-state index is 10.8. The Morgan fingerprint density at radius 2 is 0.645 bits per heavy atom. The molecule has 0 aromatic rings. The lowest BCUT2D eigenvalue weighted by Crippen LogP contribution is -2.62. The number of carbonyl (C=O) groups is 2. The van der Waals surface area contributed by atoms with Gasteiger partial charge < -0.3 is 201 Å². The van der Waals surface area contributed by atoms with E-state index in [0.717, 1.165) is 6.42 Å². The summed E-state index contributed by atoms with van der Waals surface area (Å²) in [6.07, 6.45) is -24.3. The van der Waals surface area contributed by atoms with Gasteiger partial charge in [-0.2, -0.15) is 0 Å². The van der Waals surface area contributed by atoms with Crippen LogP contribution in [-0.2, 0) is 75.9 Å². The van der Waals surface area contributed by atoms with Crippen LogP contribution in [0.4, 0.5) is 0 Å². The van der Waals surface area contributed by atoms with Crippen molar-refractivity contribution < 1.29 is 188 Å². The molecule has 0 saturated carbocycles. The summed E-state index contributed by atoms with van der Waals surface area (Å²) in [6.45, 7) is 32.0. The number of nitrogens with zero attached hydrogens (tertiary/aromatic N) is 3. The Labute approximate surface area is 726 Å². The Morgan fingerprint density at radius 1 is 0.331 bits per heavy atom. The van der Waals surface area contributed by atoms with Crippen molar-refractivity contribution in [2.24, 2.45) is 22.5 Å². The fourth-order valence-electron chi connectivity index (χ4n) is 15.2. The van der Waals surface area contributed by atoms with Crippen LogP contribution in [0.3, 0.4) is 0 Å². The van der Waals surface area contributed by atoms with Crippen molar-refractivity contribution in [2.75, 3.05) is 54.8 Å². The summed E-state index contributed by atoms with van der Waals surface area (Å²) in [7, 11) is 5.78. The normalized spacial score (nSPS) is 46.6. The number of aliphatic hydroxyl groups is 22. The summed E-state index contributed by atoms with van der Waals surface area (Å²) in [5.41, 5.74) is 19.2. The van der Waals surface area contributed by atoms with Gasteiger partial charge in [-0.05, 0) is 129 Å². The van der Waals surface area contributed by atoms with E-state index in [9.17, 15) is 107 Å². The third-order valence-electron chi connectivity index (χ3n) is 23.2. The molecule has 0 aromatic carbocycles. The van der Waals surface area contributed by atoms with Crippen LogP contribution in [0.25, 0.3) is 10.4 Å². The minimum atomic E-state index is -1.27. The number of carbonyl (C=O) groups excluding carboxylic acids is 2. The molecule has 10 saturated heterocycles. The first kappa shape index (κ1) is 119. The summed E-state index contributed by atoms with van der Waals surface area (Å²) < 4.78 is 72.5. The van der Waals surface area contributed by atoms with Gasteiger partial charge in [0.05, 0.1) is 179 Å². The first-order valence-electron chi connectivity index (χ1n) is 42.1. The van der Waals surface area contributed by atoms with Gasteiger partial charge in [0.15, 0.2) is 0 Å². The molecule has 124 heavy (non-hydrogen) atoms. The first-order valence-corrected chi connectivity index (χ1v) is 42.1. The molecule has 45 atom stereocenters. The zero-order chi connectivity index (χ0) is 95.8. The molecule has 10 aliphatic rings. The summed E-state index contributed by atoms with van der Waals surface area (Å²) in [5, 5.41) is 215. The van der Waals surface area contributed by atoms with E-state index in [2.05, 4.69) is 20.7 Å². The van der Waals surface area contributed by atoms with E-state index in [4.69, 9.17) is 98.6 Å². The number of aliphatic hydroxyl groups excluding tert-OH is 22. The number of hydrogen-bond donors (Lipinski definition) is 26. The molecule has 10 fully saturated rings. The second-order valence-corrected chi connectivity index (χ2v) is 33.2. The summed E-state index contributed by atoms with van der Waals surface area (Å²) in [5.74, 6) is -0.596. The van der Waals surface area contributed by atoms with Crippen molar-refractivity contribution in [3.8, 4) is 0 Å². The third-order valence-corrected chi connectivity index (χ3v) is 23.2. The van der Waals surface area contributed by atoms with Crippen molar-refractivity contribution in [3.63, 3.8) is 0 Å². The van der Waals surface area contributed by atoms with Gasteiger partial charge in [0, 0.05) is 59.2 Å². The lowest BCUT2D eigenvalue weighted by Gasteiger charge is -2.40. The number of azide groups is 1. The number of amides is 2. The second kappa shape index (κ2) is 57.9. The molecule has 45 nitrogen and oxygen atoms in total. The molecule has 0 bridgehead atoms. The van der Waals surface area contributed by atoms with E-state index in [1.807, 2.05) is 34.6 Å². The highest BCUT2D eigenvalue weighted by molar-refractivity contribution is 5.73. The number of hydrogen-bond acceptors (Lipinski definition) is 41. The molecule has 2 amide bonds. The van der Waals surface area contributed by atoms with Gasteiger partial charge in [-0.3, -0.25) is 9.59 Å². The maximum Gasteiger partial charge on any atom is 0.217 e. The van der Waals surface area contributed by atoms with E-state index in [1.165, 1.54) is 42.3 Å². The fourth-order valence-corrected chi connectivity index (χ4v) is 15.2. The van der Waals surface area contributed by atoms with Crippen LogP contribution in [0.2, 0.25) is 0 Å². The zero-order valence-electron chi connectivity index (χ0n) is 75.8. The molecule has 10 heterocycles. The predicted octanol–water partition coefficient (Wildman–Crippen LogP) is -7.86. The first-order chi connectivity index (χ1) is 57.6. The molecule has 736 valence electrons. The Bertz CT molecular complexity index is 2860. The van der Waals surface area contributed by atoms with Crippen LogP contribution in [0.15, 0.2) is 5.11 Å². The minimum absolute atomic E-state index is 0.0637. The summed E-state index contributed by atoms with van der Waals surface area (Å²) in [4.78, 5) is 24.2. The lowest BCUT2D eigenvalue weighted by atomic mass is 9.89. The molecule has 28 N–H and O–H groups in total. The van der Waals surface area contributed by atoms with E-state index in [0.29, 0.717) is 6.42 Å². The van der Waals surface area contributed by atoms with E-state index in [-0.39, 0.29) is 136 Å². The van der Waals surface area contributed by atoms with Crippen LogP contribution in [0.1, 0.15) is 144 Å². The van der Waals surface area contributed by atoms with Crippen molar-refractivity contribution in [2.45, 2.75) is 431 Å². The SMILES string of the molecule is CC(=O)NC1C(O)C(C)OC(C)C1O.CC(=O)NC1CC(C)OC(C)C1O.CC1CC(N)C(O)C(C)O1.CC1OC(C)C(O)C(N)C1O.CC1OC(CN=[N+]=[N-])C(O)C(O)C1O.CC1OC(CO)C(C)C(O)C1O.COC1C(C)OC(C)C(O)C1O.COC1C(CO)OC(C)C(O)C1O.COC1C(O)C(C)OC(C)C1O.COC1C(O)C(C)OC(CO)C1O. The topological polar surface area (TPSA) is 733 Å². The molecule has 10 aliphatic heterocycles. The molecular weight excluding hydrogens is 1650 g/mol. The minimum Gasteiger partial charge on any atom is -0.394 e. The van der Waals surface area contributed by atoms with Crippen molar-refractivity contribution in [1.82, 2.24) is 10.6 Å². The highest BCUT2D eigenvalue weighted by Gasteiger charge is 2.48. The van der Waals surface area contributed by atoms with Crippen LogP contribution in [0.5, 0.6) is 0 Å². The second-order valence-electron chi connectivity index (χ2n) is 33.2. The molecule has 10 rings (SSSR count). The molecule has 0 aliphatic carbocycles. The van der Waals surface area contributed by atoms with Crippen LogP contribution in [0, 0.1) is 5.92 Å². The Balaban J connectivity index is 0.000000690. The van der Waals surface area contributed by atoms with Gasteiger partial charge in [-0.1, -0.05) is 12.0 Å². The van der Waals surface area contributed by atoms with Crippen LogP contribution < -0.4 is 22.1 Å². The Hall–Kier alpha value is -3.27. The van der Waals surface area contributed by atoms with Gasteiger partial charge in [-0.25, -0.2) is 0 Å². The number of nitrogens with two attached hydrogens (primary N) is 2. The zero-order valence-corrected chi connectivity index (χ0v) is 75.8. The Morgan fingerprint density at radius 3 is 1.05 bits per heavy atom. The smallest absolute Gasteiger partial charge is 0.217 e. The number of rotatable bonds is 11. The molecule has 0 radical (unpaired) electrons. The number of methoxy groups -OCH3 is 4. The van der Waals surface area contributed by atoms with E-state index < -0.39 is 195 Å². The van der Waals surface area contributed by atoms with E-state index in [1.54, 1.807) is 83.1 Å². The lowest BCUT2D eigenvalue weighted by molar-refractivity contribution is -0.231. The fraction of sp³-hybridized carbons (Fsp3) is 0.975. The molecule has 0 spiro atoms. The van der Waals surface area contributed by atoms with Crippen molar-refractivity contribution in [1.29, 1.82) is 0 Å². The predicted molar refractivity (Wildman–Crippen MR) is 440 cm³/mol.